The van der Waals surface area contributed by atoms with Crippen LogP contribution in [0.25, 0.3) is 6.08 Å². The number of carbonyl (C=O) groups excluding carboxylic acids is 1. The standard InChI is InChI=1S/C28H24F3N3O4/c1-4-18(27(37)38)12-17-6-10-22(24(35)13-17)32-33-25-21-9-7-19(28(29,30)31)14-23(21)34(26(25)36)20-8-5-15(2)16(3)11-20/h5-14,32,35H,4H2,1-3H3,(H,37,38)/b18-12+,33-25-. The number of amides is 1. The number of hydrogen-bond acceptors (Lipinski definition) is 5. The Labute approximate surface area is 216 Å². The van der Waals surface area contributed by atoms with Gasteiger partial charge >= 0.3 is 12.1 Å². The van der Waals surface area contributed by atoms with E-state index in [-0.39, 0.29) is 34.0 Å². The summed E-state index contributed by atoms with van der Waals surface area (Å²) in [5.41, 5.74) is 4.76. The molecule has 0 saturated carbocycles. The lowest BCUT2D eigenvalue weighted by molar-refractivity contribution is -0.137. The van der Waals surface area contributed by atoms with Gasteiger partial charge in [-0.05, 0) is 85.5 Å². The molecule has 0 atom stereocenters. The lowest BCUT2D eigenvalue weighted by Gasteiger charge is -2.19. The number of hydrazone groups is 1. The first-order valence-corrected chi connectivity index (χ1v) is 11.6. The number of nitrogens with zero attached hydrogens (tertiary/aromatic N) is 2. The fourth-order valence-electron chi connectivity index (χ4n) is 4.02. The van der Waals surface area contributed by atoms with Gasteiger partial charge in [0.05, 0.1) is 16.9 Å². The van der Waals surface area contributed by atoms with Gasteiger partial charge in [0.2, 0.25) is 0 Å². The van der Waals surface area contributed by atoms with E-state index in [2.05, 4.69) is 10.5 Å². The number of aliphatic carboxylic acids is 1. The van der Waals surface area contributed by atoms with Crippen LogP contribution < -0.4 is 10.3 Å². The molecule has 0 aromatic heterocycles. The second-order valence-electron chi connectivity index (χ2n) is 8.82. The summed E-state index contributed by atoms with van der Waals surface area (Å²) in [6.45, 7) is 5.42. The van der Waals surface area contributed by atoms with Gasteiger partial charge in [0.1, 0.15) is 5.75 Å². The lowest BCUT2D eigenvalue weighted by Crippen LogP contribution is -2.26. The molecule has 3 N–H and O–H groups in total. The van der Waals surface area contributed by atoms with Gasteiger partial charge in [-0.15, -0.1) is 0 Å². The van der Waals surface area contributed by atoms with Gasteiger partial charge in [0.25, 0.3) is 5.91 Å². The molecule has 7 nitrogen and oxygen atoms in total. The second kappa shape index (κ2) is 10.0. The van der Waals surface area contributed by atoms with E-state index in [1.165, 1.54) is 29.2 Å². The molecule has 0 saturated heterocycles. The van der Waals surface area contributed by atoms with Crippen molar-refractivity contribution in [2.45, 2.75) is 33.4 Å². The molecule has 0 radical (unpaired) electrons. The van der Waals surface area contributed by atoms with Crippen molar-refractivity contribution in [3.8, 4) is 5.75 Å². The Bertz CT molecular complexity index is 1510. The number of aryl methyl sites for hydroxylation is 2. The quantitative estimate of drug-likeness (QED) is 0.197. The van der Waals surface area contributed by atoms with Crippen molar-refractivity contribution >= 4 is 40.7 Å². The Morgan fingerprint density at radius 2 is 1.79 bits per heavy atom. The number of phenolic OH excluding ortho intramolecular Hbond substituents is 1. The van der Waals surface area contributed by atoms with Crippen molar-refractivity contribution in [3.63, 3.8) is 0 Å². The molecule has 0 aliphatic carbocycles. The van der Waals surface area contributed by atoms with Crippen molar-refractivity contribution in [1.82, 2.24) is 0 Å². The van der Waals surface area contributed by atoms with E-state index in [9.17, 15) is 33.0 Å². The van der Waals surface area contributed by atoms with Crippen molar-refractivity contribution in [3.05, 3.63) is 88.0 Å². The lowest BCUT2D eigenvalue weighted by atomic mass is 10.1. The molecule has 1 heterocycles. The van der Waals surface area contributed by atoms with Crippen LogP contribution in [0.4, 0.5) is 30.2 Å². The van der Waals surface area contributed by atoms with Gasteiger partial charge in [-0.2, -0.15) is 18.3 Å². The molecule has 0 fully saturated rings. The molecular formula is C28H24F3N3O4. The Hall–Kier alpha value is -4.60. The monoisotopic (exact) mass is 523 g/mol. The van der Waals surface area contributed by atoms with E-state index in [1.807, 2.05) is 13.8 Å². The number of benzene rings is 3. The summed E-state index contributed by atoms with van der Waals surface area (Å²) in [5.74, 6) is -1.96. The Morgan fingerprint density at radius 3 is 2.39 bits per heavy atom. The van der Waals surface area contributed by atoms with Crippen LogP contribution in [-0.2, 0) is 15.8 Å². The van der Waals surface area contributed by atoms with E-state index >= 15 is 0 Å². The predicted molar refractivity (Wildman–Crippen MR) is 139 cm³/mol. The van der Waals surface area contributed by atoms with Crippen molar-refractivity contribution < 1.29 is 33.0 Å². The van der Waals surface area contributed by atoms with Crippen LogP contribution in [0.15, 0.2) is 65.3 Å². The maximum atomic E-state index is 13.5. The Balaban J connectivity index is 1.74. The first kappa shape index (κ1) is 26.5. The van der Waals surface area contributed by atoms with Crippen molar-refractivity contribution in [2.24, 2.45) is 5.10 Å². The normalized spacial score (nSPS) is 14.7. The van der Waals surface area contributed by atoms with E-state index in [1.54, 1.807) is 31.2 Å². The molecule has 38 heavy (non-hydrogen) atoms. The first-order valence-electron chi connectivity index (χ1n) is 11.6. The number of carboxylic acid groups (broad SMARTS) is 1. The topological polar surface area (TPSA) is 102 Å². The predicted octanol–water partition coefficient (Wildman–Crippen LogP) is 6.40. The van der Waals surface area contributed by atoms with Gasteiger partial charge in [-0.3, -0.25) is 15.1 Å². The number of fused-ring (bicyclic) bond motifs is 1. The number of halogens is 3. The summed E-state index contributed by atoms with van der Waals surface area (Å²) in [4.78, 5) is 25.9. The highest BCUT2D eigenvalue weighted by molar-refractivity contribution is 6.55. The largest absolute Gasteiger partial charge is 0.506 e. The number of carboxylic acids is 1. The highest BCUT2D eigenvalue weighted by Crippen LogP contribution is 2.40. The molecule has 196 valence electrons. The van der Waals surface area contributed by atoms with Crippen LogP contribution >= 0.6 is 0 Å². The Morgan fingerprint density at radius 1 is 1.05 bits per heavy atom. The number of aromatic hydroxyl groups is 1. The van der Waals surface area contributed by atoms with E-state index < -0.39 is 23.6 Å². The van der Waals surface area contributed by atoms with Crippen molar-refractivity contribution in [1.29, 1.82) is 0 Å². The molecule has 0 unspecified atom stereocenters. The first-order chi connectivity index (χ1) is 17.9. The third kappa shape index (κ3) is 5.10. The number of alkyl halides is 3. The van der Waals surface area contributed by atoms with Gasteiger partial charge in [-0.1, -0.05) is 19.1 Å². The van der Waals surface area contributed by atoms with Crippen LogP contribution in [0, 0.1) is 13.8 Å². The van der Waals surface area contributed by atoms with E-state index in [0.29, 0.717) is 17.7 Å². The van der Waals surface area contributed by atoms with Crippen LogP contribution in [0.1, 0.15) is 41.2 Å². The van der Waals surface area contributed by atoms with Crippen molar-refractivity contribution in [2.75, 3.05) is 10.3 Å². The highest BCUT2D eigenvalue weighted by Gasteiger charge is 2.39. The smallest absolute Gasteiger partial charge is 0.416 e. The van der Waals surface area contributed by atoms with Crippen LogP contribution in [-0.4, -0.2) is 27.8 Å². The van der Waals surface area contributed by atoms with Crippen LogP contribution in [0.3, 0.4) is 0 Å². The summed E-state index contributed by atoms with van der Waals surface area (Å²) in [6.07, 6.45) is -2.89. The summed E-state index contributed by atoms with van der Waals surface area (Å²) in [6, 6.07) is 12.5. The SMILES string of the molecule is CC/C(=C\c1ccc(N/N=C2\C(=O)N(c3ccc(C)c(C)c3)c3cc(C(F)(F)F)ccc32)c(O)c1)C(=O)O. The minimum Gasteiger partial charge on any atom is -0.506 e. The number of anilines is 3. The number of carbonyl (C=O) groups is 2. The minimum absolute atomic E-state index is 0.0408. The molecule has 1 amide bonds. The number of hydrogen-bond donors (Lipinski definition) is 3. The Kier molecular flexibility index (Phi) is 6.99. The summed E-state index contributed by atoms with van der Waals surface area (Å²) in [7, 11) is 0. The molecule has 1 aliphatic rings. The molecule has 0 bridgehead atoms. The highest BCUT2D eigenvalue weighted by atomic mass is 19.4. The molecule has 3 aromatic carbocycles. The molecule has 0 spiro atoms. The minimum atomic E-state index is -4.61. The third-order valence-electron chi connectivity index (χ3n) is 6.28. The van der Waals surface area contributed by atoms with Gasteiger partial charge in [0.15, 0.2) is 5.71 Å². The molecule has 10 heteroatoms. The average Bonchev–Trinajstić information content (AvgIpc) is 3.13. The maximum absolute atomic E-state index is 13.5. The summed E-state index contributed by atoms with van der Waals surface area (Å²) < 4.78 is 40.4. The van der Waals surface area contributed by atoms with E-state index in [4.69, 9.17) is 0 Å². The molecule has 1 aliphatic heterocycles. The maximum Gasteiger partial charge on any atom is 0.416 e. The summed E-state index contributed by atoms with van der Waals surface area (Å²) >= 11 is 0. The number of nitrogens with one attached hydrogen (secondary N) is 1. The zero-order valence-electron chi connectivity index (χ0n) is 20.7. The van der Waals surface area contributed by atoms with Crippen LogP contribution in [0.2, 0.25) is 0 Å². The zero-order valence-corrected chi connectivity index (χ0v) is 20.7. The zero-order chi connectivity index (χ0) is 27.8. The number of rotatable bonds is 6. The van der Waals surface area contributed by atoms with E-state index in [0.717, 1.165) is 23.3 Å². The van der Waals surface area contributed by atoms with Gasteiger partial charge < -0.3 is 10.2 Å². The van der Waals surface area contributed by atoms with Gasteiger partial charge in [0, 0.05) is 16.8 Å². The summed E-state index contributed by atoms with van der Waals surface area (Å²) in [5, 5.41) is 23.8. The fraction of sp³-hybridized carbons (Fsp3) is 0.179. The average molecular weight is 524 g/mol. The molecule has 4 rings (SSSR count). The fourth-order valence-corrected chi connectivity index (χ4v) is 4.02. The molecular weight excluding hydrogens is 499 g/mol. The third-order valence-corrected chi connectivity index (χ3v) is 6.28. The van der Waals surface area contributed by atoms with Gasteiger partial charge in [-0.25, -0.2) is 4.79 Å². The molecule has 3 aromatic rings. The number of phenols is 1. The van der Waals surface area contributed by atoms with Crippen LogP contribution in [0.5, 0.6) is 5.75 Å². The second-order valence-corrected chi connectivity index (χ2v) is 8.82.